The lowest BCUT2D eigenvalue weighted by molar-refractivity contribution is -0.116. The van der Waals surface area contributed by atoms with Gasteiger partial charge in [0.05, 0.1) is 11.7 Å². The molecule has 0 aliphatic carbocycles. The molecule has 31 heavy (non-hydrogen) atoms. The number of aryl methyl sites for hydroxylation is 4. The first-order valence-corrected chi connectivity index (χ1v) is 11.1. The molecule has 2 heterocycles. The predicted octanol–water partition coefficient (Wildman–Crippen LogP) is 5.25. The fourth-order valence-electron chi connectivity index (χ4n) is 3.87. The number of thiophene rings is 1. The highest BCUT2D eigenvalue weighted by molar-refractivity contribution is 7.19. The molecule has 0 spiro atoms. The summed E-state index contributed by atoms with van der Waals surface area (Å²) in [6.45, 7) is 8.07. The Labute approximate surface area is 185 Å². The van der Waals surface area contributed by atoms with E-state index in [9.17, 15) is 9.59 Å². The van der Waals surface area contributed by atoms with Crippen LogP contribution in [0.2, 0.25) is 0 Å². The number of benzene rings is 2. The third-order valence-electron chi connectivity index (χ3n) is 5.50. The minimum absolute atomic E-state index is 0.0824. The maximum atomic E-state index is 13.4. The van der Waals surface area contributed by atoms with Gasteiger partial charge in [-0.05, 0) is 49.9 Å². The lowest BCUT2D eigenvalue weighted by Crippen LogP contribution is -2.28. The number of rotatable bonds is 5. The monoisotopic (exact) mass is 431 g/mol. The lowest BCUT2D eigenvalue weighted by atomic mass is 9.97. The number of carbonyl (C=O) groups excluding carboxylic acids is 1. The van der Waals surface area contributed by atoms with E-state index in [-0.39, 0.29) is 18.0 Å². The molecule has 0 atom stereocenters. The van der Waals surface area contributed by atoms with Crippen LogP contribution >= 0.6 is 11.3 Å². The Morgan fingerprint density at radius 2 is 1.90 bits per heavy atom. The Bertz CT molecular complexity index is 1350. The van der Waals surface area contributed by atoms with Crippen LogP contribution < -0.4 is 10.9 Å². The summed E-state index contributed by atoms with van der Waals surface area (Å²) in [7, 11) is 0. The largest absolute Gasteiger partial charge is 0.324 e. The van der Waals surface area contributed by atoms with Crippen molar-refractivity contribution in [3.63, 3.8) is 0 Å². The zero-order chi connectivity index (χ0) is 22.1. The van der Waals surface area contributed by atoms with Gasteiger partial charge in [-0.15, -0.1) is 11.3 Å². The van der Waals surface area contributed by atoms with Crippen LogP contribution in [0.3, 0.4) is 0 Å². The van der Waals surface area contributed by atoms with Crippen LogP contribution in [0.15, 0.2) is 53.6 Å². The molecule has 2 aromatic heterocycles. The van der Waals surface area contributed by atoms with Crippen LogP contribution in [0, 0.1) is 20.8 Å². The number of nitrogens with one attached hydrogen (secondary N) is 1. The van der Waals surface area contributed by atoms with E-state index in [4.69, 9.17) is 0 Å². The quantitative estimate of drug-likeness (QED) is 0.469. The highest BCUT2D eigenvalue weighted by Gasteiger charge is 2.19. The fraction of sp³-hybridized carbons (Fsp3) is 0.240. The summed E-state index contributed by atoms with van der Waals surface area (Å²) >= 11 is 1.51. The van der Waals surface area contributed by atoms with Gasteiger partial charge in [-0.25, -0.2) is 4.98 Å². The predicted molar refractivity (Wildman–Crippen MR) is 128 cm³/mol. The second-order valence-corrected chi connectivity index (χ2v) is 8.97. The summed E-state index contributed by atoms with van der Waals surface area (Å²) in [6.07, 6.45) is 2.29. The maximum Gasteiger partial charge on any atom is 0.263 e. The van der Waals surface area contributed by atoms with E-state index in [1.165, 1.54) is 22.2 Å². The number of nitrogens with zero attached hydrogens (tertiary/aromatic N) is 2. The Morgan fingerprint density at radius 1 is 1.13 bits per heavy atom. The normalized spacial score (nSPS) is 11.1. The van der Waals surface area contributed by atoms with E-state index in [0.29, 0.717) is 10.2 Å². The summed E-state index contributed by atoms with van der Waals surface area (Å²) in [6, 6.07) is 13.9. The van der Waals surface area contributed by atoms with Crippen molar-refractivity contribution in [1.29, 1.82) is 0 Å². The Balaban J connectivity index is 1.74. The zero-order valence-electron chi connectivity index (χ0n) is 18.2. The average Bonchev–Trinajstić information content (AvgIpc) is 3.09. The van der Waals surface area contributed by atoms with Gasteiger partial charge in [0.25, 0.3) is 5.56 Å². The first-order valence-electron chi connectivity index (χ1n) is 10.3. The third-order valence-corrected chi connectivity index (χ3v) is 6.52. The van der Waals surface area contributed by atoms with E-state index in [2.05, 4.69) is 28.5 Å². The minimum Gasteiger partial charge on any atom is -0.324 e. The molecule has 0 aliphatic heterocycles. The van der Waals surface area contributed by atoms with Gasteiger partial charge in [-0.3, -0.25) is 14.2 Å². The molecule has 5 nitrogen and oxygen atoms in total. The van der Waals surface area contributed by atoms with Gasteiger partial charge in [0.1, 0.15) is 11.4 Å². The van der Waals surface area contributed by atoms with E-state index < -0.39 is 0 Å². The number of fused-ring (bicyclic) bond motifs is 1. The Hall–Kier alpha value is -3.25. The van der Waals surface area contributed by atoms with Gasteiger partial charge in [-0.2, -0.15) is 0 Å². The molecule has 0 fully saturated rings. The molecule has 1 amide bonds. The molecule has 0 unspecified atom stereocenters. The molecule has 2 aromatic carbocycles. The molecule has 0 aliphatic rings. The zero-order valence-corrected chi connectivity index (χ0v) is 19.0. The first-order chi connectivity index (χ1) is 14.9. The van der Waals surface area contributed by atoms with Gasteiger partial charge in [0.15, 0.2) is 0 Å². The Morgan fingerprint density at radius 3 is 2.68 bits per heavy atom. The molecule has 0 saturated carbocycles. The number of aromatic nitrogens is 2. The summed E-state index contributed by atoms with van der Waals surface area (Å²) < 4.78 is 1.40. The van der Waals surface area contributed by atoms with Crippen LogP contribution in [0.5, 0.6) is 0 Å². The number of amides is 1. The van der Waals surface area contributed by atoms with Crippen molar-refractivity contribution < 1.29 is 4.79 Å². The standard InChI is InChI=1S/C25H25N3O2S/c1-5-18-8-6-7-9-20(18)27-21(29)13-28-14-26-24-23(25(28)30)22(17(4)31-24)19-12-15(2)10-11-16(19)3/h6-12,14H,5,13H2,1-4H3,(H,27,29). The van der Waals surface area contributed by atoms with Gasteiger partial charge in [0.2, 0.25) is 5.91 Å². The number of anilines is 1. The van der Waals surface area contributed by atoms with Crippen molar-refractivity contribution in [2.45, 2.75) is 40.7 Å². The highest BCUT2D eigenvalue weighted by atomic mass is 32.1. The molecule has 4 rings (SSSR count). The molecule has 0 radical (unpaired) electrons. The van der Waals surface area contributed by atoms with Crippen molar-refractivity contribution in [1.82, 2.24) is 9.55 Å². The molecule has 4 aromatic rings. The average molecular weight is 432 g/mol. The van der Waals surface area contributed by atoms with Crippen molar-refractivity contribution in [3.8, 4) is 11.1 Å². The topological polar surface area (TPSA) is 64.0 Å². The van der Waals surface area contributed by atoms with E-state index in [1.807, 2.05) is 52.0 Å². The Kier molecular flexibility index (Phi) is 5.74. The fourth-order valence-corrected chi connectivity index (χ4v) is 4.87. The number of hydrogen-bond acceptors (Lipinski definition) is 4. The number of hydrogen-bond donors (Lipinski definition) is 1. The highest BCUT2D eigenvalue weighted by Crippen LogP contribution is 2.37. The van der Waals surface area contributed by atoms with Crippen LogP contribution in [-0.2, 0) is 17.8 Å². The second-order valence-electron chi connectivity index (χ2n) is 7.77. The SMILES string of the molecule is CCc1ccccc1NC(=O)Cn1cnc2sc(C)c(-c3cc(C)ccc3C)c2c1=O. The minimum atomic E-state index is -0.246. The summed E-state index contributed by atoms with van der Waals surface area (Å²) in [5, 5.41) is 3.51. The van der Waals surface area contributed by atoms with Gasteiger partial charge >= 0.3 is 0 Å². The van der Waals surface area contributed by atoms with Crippen LogP contribution in [0.1, 0.15) is 28.5 Å². The lowest BCUT2D eigenvalue weighted by Gasteiger charge is -2.11. The second kappa shape index (κ2) is 8.47. The van der Waals surface area contributed by atoms with Crippen LogP contribution in [-0.4, -0.2) is 15.5 Å². The van der Waals surface area contributed by atoms with E-state index in [0.717, 1.165) is 44.8 Å². The first kappa shape index (κ1) is 21.0. The number of carbonyl (C=O) groups is 1. The summed E-state index contributed by atoms with van der Waals surface area (Å²) in [4.78, 5) is 32.3. The van der Waals surface area contributed by atoms with E-state index in [1.54, 1.807) is 0 Å². The van der Waals surface area contributed by atoms with E-state index >= 15 is 0 Å². The molecule has 0 bridgehead atoms. The van der Waals surface area contributed by atoms with Crippen molar-refractivity contribution in [3.05, 3.63) is 80.7 Å². The summed E-state index contributed by atoms with van der Waals surface area (Å²) in [5.74, 6) is -0.246. The van der Waals surface area contributed by atoms with Crippen molar-refractivity contribution in [2.24, 2.45) is 0 Å². The smallest absolute Gasteiger partial charge is 0.263 e. The van der Waals surface area contributed by atoms with Crippen LogP contribution in [0.25, 0.3) is 21.3 Å². The molecular formula is C25H25N3O2S. The number of para-hydroxylation sites is 1. The van der Waals surface area contributed by atoms with Gasteiger partial charge in [-0.1, -0.05) is 48.9 Å². The molecule has 1 N–H and O–H groups in total. The molecular weight excluding hydrogens is 406 g/mol. The third kappa shape index (κ3) is 4.03. The van der Waals surface area contributed by atoms with Gasteiger partial charge in [0, 0.05) is 16.1 Å². The summed E-state index contributed by atoms with van der Waals surface area (Å²) in [5.41, 5.74) is 5.85. The van der Waals surface area contributed by atoms with Crippen LogP contribution in [0.4, 0.5) is 5.69 Å². The molecule has 6 heteroatoms. The molecule has 0 saturated heterocycles. The molecule has 158 valence electrons. The van der Waals surface area contributed by atoms with Crippen molar-refractivity contribution in [2.75, 3.05) is 5.32 Å². The maximum absolute atomic E-state index is 13.4. The van der Waals surface area contributed by atoms with Crippen molar-refractivity contribution >= 4 is 33.1 Å². The van der Waals surface area contributed by atoms with Gasteiger partial charge < -0.3 is 5.32 Å².